The van der Waals surface area contributed by atoms with Crippen LogP contribution in [0.2, 0.25) is 0 Å². The average molecular weight is 233 g/mol. The van der Waals surface area contributed by atoms with Crippen LogP contribution in [-0.2, 0) is 3.83 Å². The van der Waals surface area contributed by atoms with E-state index in [0.717, 1.165) is 5.56 Å². The molecule has 0 N–H and O–H groups in total. The Bertz CT molecular complexity index is 312. The van der Waals surface area contributed by atoms with Crippen molar-refractivity contribution in [2.75, 3.05) is 0 Å². The van der Waals surface area contributed by atoms with Crippen LogP contribution in [0.5, 0.6) is 0 Å². The molecule has 0 saturated carbocycles. The highest BCUT2D eigenvalue weighted by molar-refractivity contribution is 9.06. The highest BCUT2D eigenvalue weighted by Crippen LogP contribution is 2.11. The second-order valence-corrected chi connectivity index (χ2v) is 2.67. The van der Waals surface area contributed by atoms with Crippen molar-refractivity contribution in [3.8, 4) is 0 Å². The van der Waals surface area contributed by atoms with Crippen LogP contribution in [0.15, 0.2) is 18.2 Å². The first-order valence-corrected chi connectivity index (χ1v) is 3.89. The Hall–Kier alpha value is -0.900. The Balaban J connectivity index is 3.09. The van der Waals surface area contributed by atoms with Gasteiger partial charge in [0.2, 0.25) is 0 Å². The molecule has 2 nitrogen and oxygen atoms in total. The van der Waals surface area contributed by atoms with Gasteiger partial charge in [-0.1, -0.05) is 6.07 Å². The summed E-state index contributed by atoms with van der Waals surface area (Å²) in [6, 6.07) is 4.30. The first-order chi connectivity index (χ1) is 5.65. The van der Waals surface area contributed by atoms with Gasteiger partial charge in [-0.2, -0.15) is 0 Å². The van der Waals surface area contributed by atoms with Gasteiger partial charge in [-0.15, -0.1) is 0 Å². The van der Waals surface area contributed by atoms with Crippen LogP contribution in [0.4, 0.5) is 4.39 Å². The van der Waals surface area contributed by atoms with Crippen LogP contribution < -0.4 is 0 Å². The molecular formula is C8H6BrFO2. The Labute approximate surface area is 77.8 Å². The minimum atomic E-state index is -0.729. The van der Waals surface area contributed by atoms with Gasteiger partial charge in [0.1, 0.15) is 5.82 Å². The van der Waals surface area contributed by atoms with Crippen molar-refractivity contribution in [1.29, 1.82) is 0 Å². The molecule has 0 atom stereocenters. The zero-order valence-electron chi connectivity index (χ0n) is 6.30. The van der Waals surface area contributed by atoms with Gasteiger partial charge in [0.15, 0.2) is 16.3 Å². The summed E-state index contributed by atoms with van der Waals surface area (Å²) in [7, 11) is 0. The minimum absolute atomic E-state index is 0.0718. The van der Waals surface area contributed by atoms with E-state index in [4.69, 9.17) is 0 Å². The molecule has 1 aromatic rings. The monoisotopic (exact) mass is 232 g/mol. The van der Waals surface area contributed by atoms with Gasteiger partial charge in [0.05, 0.1) is 5.56 Å². The van der Waals surface area contributed by atoms with E-state index in [1.54, 1.807) is 13.0 Å². The third-order valence-corrected chi connectivity index (χ3v) is 1.71. The molecule has 0 aliphatic carbocycles. The highest BCUT2D eigenvalue weighted by Gasteiger charge is 2.11. The van der Waals surface area contributed by atoms with E-state index in [2.05, 4.69) is 20.1 Å². The van der Waals surface area contributed by atoms with Crippen molar-refractivity contribution in [1.82, 2.24) is 0 Å². The molecule has 0 radical (unpaired) electrons. The summed E-state index contributed by atoms with van der Waals surface area (Å²) in [5, 5.41) is 0. The van der Waals surface area contributed by atoms with Crippen LogP contribution in [0.25, 0.3) is 0 Å². The number of benzene rings is 1. The lowest BCUT2D eigenvalue weighted by molar-refractivity contribution is 0.0777. The van der Waals surface area contributed by atoms with Crippen molar-refractivity contribution in [2.45, 2.75) is 6.92 Å². The van der Waals surface area contributed by atoms with Crippen LogP contribution in [0.3, 0.4) is 0 Å². The fraction of sp³-hybridized carbons (Fsp3) is 0.125. The SMILES string of the molecule is Cc1ccc(C(=O)OBr)c(F)c1. The molecule has 0 aliphatic heterocycles. The molecule has 0 aliphatic rings. The molecule has 0 saturated heterocycles. The summed E-state index contributed by atoms with van der Waals surface area (Å²) in [4.78, 5) is 10.8. The second kappa shape index (κ2) is 3.67. The highest BCUT2D eigenvalue weighted by atomic mass is 79.9. The molecule has 0 bridgehead atoms. The van der Waals surface area contributed by atoms with Crippen molar-refractivity contribution in [3.05, 3.63) is 35.1 Å². The summed E-state index contributed by atoms with van der Waals surface area (Å²) in [5.41, 5.74) is 0.691. The first kappa shape index (κ1) is 9.19. The van der Waals surface area contributed by atoms with Gasteiger partial charge in [-0.05, 0) is 24.6 Å². The smallest absolute Gasteiger partial charge is 0.352 e. The minimum Gasteiger partial charge on any atom is -0.380 e. The van der Waals surface area contributed by atoms with Crippen molar-refractivity contribution < 1.29 is 13.0 Å². The quantitative estimate of drug-likeness (QED) is 0.745. The van der Waals surface area contributed by atoms with E-state index in [1.165, 1.54) is 12.1 Å². The lowest BCUT2D eigenvalue weighted by Crippen LogP contribution is -2.01. The summed E-state index contributed by atoms with van der Waals surface area (Å²) in [6.45, 7) is 1.74. The summed E-state index contributed by atoms with van der Waals surface area (Å²) < 4.78 is 17.2. The van der Waals surface area contributed by atoms with E-state index in [9.17, 15) is 9.18 Å². The molecule has 12 heavy (non-hydrogen) atoms. The van der Waals surface area contributed by atoms with E-state index in [1.807, 2.05) is 0 Å². The fourth-order valence-corrected chi connectivity index (χ4v) is 1.00. The Kier molecular flexibility index (Phi) is 2.81. The molecular weight excluding hydrogens is 227 g/mol. The third-order valence-electron chi connectivity index (χ3n) is 1.41. The second-order valence-electron chi connectivity index (χ2n) is 2.35. The van der Waals surface area contributed by atoms with E-state index in [-0.39, 0.29) is 5.56 Å². The molecule has 0 aromatic heterocycles. The number of hydrogen-bond acceptors (Lipinski definition) is 2. The molecule has 0 spiro atoms. The van der Waals surface area contributed by atoms with Crippen molar-refractivity contribution in [2.24, 2.45) is 0 Å². The molecule has 1 rings (SSSR count). The summed E-state index contributed by atoms with van der Waals surface area (Å²) in [6.07, 6.45) is 0. The topological polar surface area (TPSA) is 26.3 Å². The van der Waals surface area contributed by atoms with Gasteiger partial charge in [-0.3, -0.25) is 0 Å². The van der Waals surface area contributed by atoms with Gasteiger partial charge < -0.3 is 3.83 Å². The van der Waals surface area contributed by atoms with E-state index < -0.39 is 11.8 Å². The molecule has 1 aromatic carbocycles. The fourth-order valence-electron chi connectivity index (χ4n) is 0.827. The van der Waals surface area contributed by atoms with E-state index in [0.29, 0.717) is 0 Å². The number of halogens is 2. The Morgan fingerprint density at radius 1 is 1.58 bits per heavy atom. The predicted octanol–water partition coefficient (Wildman–Crippen LogP) is 2.60. The third kappa shape index (κ3) is 1.82. The summed E-state index contributed by atoms with van der Waals surface area (Å²) >= 11 is 2.49. The number of aryl methyl sites for hydroxylation is 1. The maximum absolute atomic E-state index is 13.0. The maximum Gasteiger partial charge on any atom is 0.352 e. The Morgan fingerprint density at radius 3 is 2.75 bits per heavy atom. The molecule has 0 unspecified atom stereocenters. The number of carbonyl (C=O) groups is 1. The molecule has 0 amide bonds. The molecule has 0 fully saturated rings. The summed E-state index contributed by atoms with van der Waals surface area (Å²) in [5.74, 6) is -1.30. The molecule has 0 heterocycles. The van der Waals surface area contributed by atoms with Crippen molar-refractivity contribution >= 4 is 22.2 Å². The largest absolute Gasteiger partial charge is 0.380 e. The zero-order valence-corrected chi connectivity index (χ0v) is 7.89. The zero-order chi connectivity index (χ0) is 9.14. The van der Waals surface area contributed by atoms with Crippen molar-refractivity contribution in [3.63, 3.8) is 0 Å². The van der Waals surface area contributed by atoms with Crippen LogP contribution in [0, 0.1) is 12.7 Å². The van der Waals surface area contributed by atoms with Gasteiger partial charge >= 0.3 is 5.97 Å². The molecule has 4 heteroatoms. The Morgan fingerprint density at radius 2 is 2.25 bits per heavy atom. The lowest BCUT2D eigenvalue weighted by atomic mass is 10.1. The number of carbonyl (C=O) groups excluding carboxylic acids is 1. The maximum atomic E-state index is 13.0. The standard InChI is InChI=1S/C8H6BrFO2/c1-5-2-3-6(7(10)4-5)8(11)12-9/h2-4H,1H3. The van der Waals surface area contributed by atoms with Gasteiger partial charge in [0.25, 0.3) is 0 Å². The van der Waals surface area contributed by atoms with Gasteiger partial charge in [0, 0.05) is 0 Å². The lowest BCUT2D eigenvalue weighted by Gasteiger charge is -1.99. The molecule has 64 valence electrons. The van der Waals surface area contributed by atoms with Gasteiger partial charge in [-0.25, -0.2) is 9.18 Å². The predicted molar refractivity (Wildman–Crippen MR) is 45.5 cm³/mol. The normalized spacial score (nSPS) is 9.58. The van der Waals surface area contributed by atoms with Crippen LogP contribution >= 0.6 is 16.3 Å². The first-order valence-electron chi connectivity index (χ1n) is 3.24. The van der Waals surface area contributed by atoms with Crippen LogP contribution in [0.1, 0.15) is 15.9 Å². The van der Waals surface area contributed by atoms with E-state index >= 15 is 0 Å². The number of hydrogen-bond donors (Lipinski definition) is 0. The van der Waals surface area contributed by atoms with Crippen LogP contribution in [-0.4, -0.2) is 5.97 Å². The number of rotatable bonds is 1. The average Bonchev–Trinajstić information content (AvgIpc) is 2.03.